The van der Waals surface area contributed by atoms with Crippen molar-refractivity contribution in [3.8, 4) is 0 Å². The molecule has 15 heavy (non-hydrogen) atoms. The van der Waals surface area contributed by atoms with Gasteiger partial charge in [-0.25, -0.2) is 4.98 Å². The normalized spacial score (nSPS) is 24.3. The minimum atomic E-state index is -0.309. The van der Waals surface area contributed by atoms with E-state index in [1.807, 2.05) is 20.8 Å². The Balaban J connectivity index is 1.96. The number of anilines is 1. The van der Waals surface area contributed by atoms with E-state index in [0.717, 1.165) is 5.82 Å². The Morgan fingerprint density at radius 2 is 2.27 bits per heavy atom. The summed E-state index contributed by atoms with van der Waals surface area (Å²) in [7, 11) is 0. The number of amides is 1. The van der Waals surface area contributed by atoms with Crippen LogP contribution >= 0.6 is 11.5 Å². The Labute approximate surface area is 92.0 Å². The monoisotopic (exact) mass is 227 g/mol. The lowest BCUT2D eigenvalue weighted by Gasteiger charge is -1.97. The van der Waals surface area contributed by atoms with Crippen LogP contribution in [0.5, 0.6) is 0 Å². The Kier molecular flexibility index (Phi) is 2.70. The molecule has 5 nitrogen and oxygen atoms in total. The van der Waals surface area contributed by atoms with Gasteiger partial charge < -0.3 is 4.74 Å². The van der Waals surface area contributed by atoms with Crippen LogP contribution in [0, 0.1) is 0 Å². The molecule has 1 aliphatic heterocycles. The van der Waals surface area contributed by atoms with Gasteiger partial charge in [-0.15, -0.1) is 0 Å². The number of carbonyl (C=O) groups excluding carboxylic acids is 1. The van der Waals surface area contributed by atoms with E-state index >= 15 is 0 Å². The zero-order valence-electron chi connectivity index (χ0n) is 8.85. The molecule has 82 valence electrons. The van der Waals surface area contributed by atoms with Gasteiger partial charge in [0.15, 0.2) is 6.10 Å². The molecule has 6 heteroatoms. The lowest BCUT2D eigenvalue weighted by Crippen LogP contribution is -2.19. The molecule has 0 aromatic carbocycles. The summed E-state index contributed by atoms with van der Waals surface area (Å²) in [5.74, 6) is 0.914. The maximum Gasteiger partial charge on any atom is 0.258 e. The third-order valence-corrected chi connectivity index (χ3v) is 2.80. The summed E-state index contributed by atoms with van der Waals surface area (Å²) in [4.78, 5) is 15.7. The van der Waals surface area contributed by atoms with Gasteiger partial charge in [0.1, 0.15) is 5.82 Å². The molecule has 2 heterocycles. The minimum Gasteiger partial charge on any atom is -0.359 e. The Morgan fingerprint density at radius 1 is 1.60 bits per heavy atom. The van der Waals surface area contributed by atoms with Crippen LogP contribution in [0.1, 0.15) is 32.5 Å². The number of aromatic nitrogens is 2. The topological polar surface area (TPSA) is 67.4 Å². The van der Waals surface area contributed by atoms with E-state index in [-0.39, 0.29) is 24.0 Å². The first-order valence-corrected chi connectivity index (χ1v) is 5.65. The number of nitrogens with zero attached hydrogens (tertiary/aromatic N) is 2. The van der Waals surface area contributed by atoms with Gasteiger partial charge in [0.05, 0.1) is 6.10 Å². The van der Waals surface area contributed by atoms with Gasteiger partial charge in [-0.1, -0.05) is 13.8 Å². The summed E-state index contributed by atoms with van der Waals surface area (Å²) < 4.78 is 9.19. The fraction of sp³-hybridized carbons (Fsp3) is 0.667. The molecule has 0 radical (unpaired) electrons. The molecule has 1 N–H and O–H groups in total. The predicted octanol–water partition coefficient (Wildman–Crippen LogP) is 1.39. The molecule has 0 saturated carbocycles. The molecule has 1 aromatic rings. The van der Waals surface area contributed by atoms with Crippen molar-refractivity contribution in [2.45, 2.75) is 38.9 Å². The predicted molar refractivity (Wildman–Crippen MR) is 57.0 cm³/mol. The number of epoxide rings is 1. The summed E-state index contributed by atoms with van der Waals surface area (Å²) in [6.45, 7) is 5.89. The molecule has 1 aromatic heterocycles. The largest absolute Gasteiger partial charge is 0.359 e. The van der Waals surface area contributed by atoms with Gasteiger partial charge in [-0.3, -0.25) is 10.1 Å². The highest BCUT2D eigenvalue weighted by Crippen LogP contribution is 2.24. The summed E-state index contributed by atoms with van der Waals surface area (Å²) in [5.41, 5.74) is 0. The highest BCUT2D eigenvalue weighted by molar-refractivity contribution is 7.09. The smallest absolute Gasteiger partial charge is 0.258 e. The van der Waals surface area contributed by atoms with Crippen LogP contribution in [-0.2, 0) is 9.53 Å². The Bertz CT molecular complexity index is 377. The summed E-state index contributed by atoms with van der Waals surface area (Å²) in [6.07, 6.45) is -0.279. The second-order valence-electron chi connectivity index (χ2n) is 3.86. The fourth-order valence-electron chi connectivity index (χ4n) is 1.16. The first-order valence-electron chi connectivity index (χ1n) is 4.88. The van der Waals surface area contributed by atoms with Gasteiger partial charge in [0, 0.05) is 17.5 Å². The highest BCUT2D eigenvalue weighted by atomic mass is 32.1. The van der Waals surface area contributed by atoms with Gasteiger partial charge in [-0.2, -0.15) is 4.37 Å². The van der Waals surface area contributed by atoms with Crippen LogP contribution in [0.15, 0.2) is 0 Å². The molecule has 0 aliphatic carbocycles. The van der Waals surface area contributed by atoms with E-state index in [9.17, 15) is 4.79 Å². The Hall–Kier alpha value is -1.01. The molecular formula is C9H13N3O2S. The molecule has 0 unspecified atom stereocenters. The van der Waals surface area contributed by atoms with Crippen LogP contribution in [0.4, 0.5) is 5.13 Å². The SMILES string of the molecule is CC(C)c1nsc(NC(=O)[C@@H]2O[C@H]2C)n1. The van der Waals surface area contributed by atoms with E-state index in [1.54, 1.807) is 0 Å². The molecule has 1 aliphatic rings. The molecule has 1 amide bonds. The summed E-state index contributed by atoms with van der Waals surface area (Å²) in [5, 5.41) is 3.24. The zero-order chi connectivity index (χ0) is 11.0. The van der Waals surface area contributed by atoms with Crippen molar-refractivity contribution in [1.82, 2.24) is 9.36 Å². The number of hydrogen-bond donors (Lipinski definition) is 1. The zero-order valence-corrected chi connectivity index (χ0v) is 9.67. The standard InChI is InChI=1S/C9H13N3O2S/c1-4(2)7-10-9(15-12-7)11-8(13)6-5(3)14-6/h4-6H,1-3H3,(H,10,11,12,13)/t5-,6+/m0/s1. The van der Waals surface area contributed by atoms with E-state index in [1.165, 1.54) is 11.5 Å². The quantitative estimate of drug-likeness (QED) is 0.792. The van der Waals surface area contributed by atoms with Crippen molar-refractivity contribution >= 4 is 22.6 Å². The lowest BCUT2D eigenvalue weighted by atomic mass is 10.2. The maximum absolute atomic E-state index is 11.5. The third-order valence-electron chi connectivity index (χ3n) is 2.16. The van der Waals surface area contributed by atoms with E-state index in [2.05, 4.69) is 14.7 Å². The summed E-state index contributed by atoms with van der Waals surface area (Å²) >= 11 is 1.20. The van der Waals surface area contributed by atoms with Gasteiger partial charge in [0.2, 0.25) is 5.13 Å². The van der Waals surface area contributed by atoms with Crippen LogP contribution in [-0.4, -0.2) is 27.5 Å². The molecule has 1 saturated heterocycles. The fourth-order valence-corrected chi connectivity index (χ4v) is 1.87. The van der Waals surface area contributed by atoms with Gasteiger partial charge in [0.25, 0.3) is 5.91 Å². The van der Waals surface area contributed by atoms with Crippen molar-refractivity contribution < 1.29 is 9.53 Å². The average Bonchev–Trinajstić information content (AvgIpc) is 2.73. The average molecular weight is 227 g/mol. The van der Waals surface area contributed by atoms with Crippen LogP contribution in [0.25, 0.3) is 0 Å². The number of hydrogen-bond acceptors (Lipinski definition) is 5. The number of rotatable bonds is 3. The number of nitrogens with one attached hydrogen (secondary N) is 1. The molecular weight excluding hydrogens is 214 g/mol. The lowest BCUT2D eigenvalue weighted by molar-refractivity contribution is -0.117. The van der Waals surface area contributed by atoms with Crippen LogP contribution < -0.4 is 5.32 Å². The van der Waals surface area contributed by atoms with E-state index in [0.29, 0.717) is 5.13 Å². The van der Waals surface area contributed by atoms with Gasteiger partial charge >= 0.3 is 0 Å². The number of ether oxygens (including phenoxy) is 1. The third kappa shape index (κ3) is 2.32. The molecule has 0 spiro atoms. The van der Waals surface area contributed by atoms with Crippen molar-refractivity contribution in [2.24, 2.45) is 0 Å². The number of carbonyl (C=O) groups is 1. The molecule has 2 atom stereocenters. The first-order chi connectivity index (χ1) is 7.08. The highest BCUT2D eigenvalue weighted by Gasteiger charge is 2.41. The maximum atomic E-state index is 11.5. The Morgan fingerprint density at radius 3 is 2.73 bits per heavy atom. The van der Waals surface area contributed by atoms with Crippen molar-refractivity contribution in [1.29, 1.82) is 0 Å². The molecule has 0 bridgehead atoms. The van der Waals surface area contributed by atoms with E-state index in [4.69, 9.17) is 4.74 Å². The second-order valence-corrected chi connectivity index (χ2v) is 4.62. The molecule has 1 fully saturated rings. The van der Waals surface area contributed by atoms with Crippen molar-refractivity contribution in [2.75, 3.05) is 5.32 Å². The van der Waals surface area contributed by atoms with Crippen molar-refractivity contribution in [3.63, 3.8) is 0 Å². The summed E-state index contributed by atoms with van der Waals surface area (Å²) in [6, 6.07) is 0. The second kappa shape index (κ2) is 3.86. The first kappa shape index (κ1) is 10.5. The molecule has 2 rings (SSSR count). The van der Waals surface area contributed by atoms with Crippen molar-refractivity contribution in [3.05, 3.63) is 5.82 Å². The van der Waals surface area contributed by atoms with Crippen LogP contribution in [0.3, 0.4) is 0 Å². The minimum absolute atomic E-state index is 0.0301. The van der Waals surface area contributed by atoms with Gasteiger partial charge in [-0.05, 0) is 6.92 Å². The van der Waals surface area contributed by atoms with E-state index < -0.39 is 0 Å². The van der Waals surface area contributed by atoms with Crippen LogP contribution in [0.2, 0.25) is 0 Å².